The second kappa shape index (κ2) is 14.8. The van der Waals surface area contributed by atoms with E-state index in [9.17, 15) is 0 Å². The molecule has 2 aliphatic heterocycles. The van der Waals surface area contributed by atoms with Crippen LogP contribution < -0.4 is 4.43 Å². The summed E-state index contributed by atoms with van der Waals surface area (Å²) in [6.45, 7) is 16.4. The lowest BCUT2D eigenvalue weighted by atomic mass is 10.1. The van der Waals surface area contributed by atoms with Gasteiger partial charge in [0.2, 0.25) is 14.7 Å². The zero-order valence-corrected chi connectivity index (χ0v) is 29.0. The Hall–Kier alpha value is -2.34. The van der Waals surface area contributed by atoms with Crippen LogP contribution in [0.1, 0.15) is 70.9 Å². The maximum absolute atomic E-state index is 6.72. The van der Waals surface area contributed by atoms with Gasteiger partial charge < -0.3 is 28.3 Å². The van der Waals surface area contributed by atoms with Crippen molar-refractivity contribution in [3.8, 4) is 5.75 Å². The van der Waals surface area contributed by atoms with Crippen LogP contribution in [-0.2, 0) is 25.6 Å². The molecule has 3 aromatic rings. The van der Waals surface area contributed by atoms with Gasteiger partial charge in [-0.15, -0.1) is 11.8 Å². The zero-order chi connectivity index (χ0) is 31.2. The van der Waals surface area contributed by atoms with Crippen LogP contribution >= 0.6 is 11.8 Å². The van der Waals surface area contributed by atoms with Crippen LogP contribution in [0.2, 0.25) is 18.1 Å². The van der Waals surface area contributed by atoms with Gasteiger partial charge in [-0.25, -0.2) is 4.68 Å². The molecule has 1 fully saturated rings. The van der Waals surface area contributed by atoms with Crippen molar-refractivity contribution in [1.82, 2.24) is 14.7 Å². The monoisotopic (exact) mass is 639 g/mol. The highest BCUT2D eigenvalue weighted by Gasteiger charge is 2.39. The summed E-state index contributed by atoms with van der Waals surface area (Å²) in [5.74, 6) is 1.61. The molecule has 1 aromatic heterocycles. The average Bonchev–Trinajstić information content (AvgIpc) is 3.64. The summed E-state index contributed by atoms with van der Waals surface area (Å²) in [6, 6.07) is 16.6. The quantitative estimate of drug-likeness (QED) is 0.0990. The third-order valence-electron chi connectivity index (χ3n) is 8.51. The molecule has 2 atom stereocenters. The van der Waals surface area contributed by atoms with E-state index < -0.39 is 14.7 Å². The second-order valence-electron chi connectivity index (χ2n) is 13.0. The number of aromatic nitrogens is 2. The van der Waals surface area contributed by atoms with Gasteiger partial charge in [0.15, 0.2) is 6.23 Å². The van der Waals surface area contributed by atoms with Crippen LogP contribution in [0.4, 0.5) is 0 Å². The van der Waals surface area contributed by atoms with E-state index in [0.29, 0.717) is 32.3 Å². The first-order valence-corrected chi connectivity index (χ1v) is 19.8. The molecule has 1 saturated heterocycles. The van der Waals surface area contributed by atoms with Crippen molar-refractivity contribution in [3.63, 3.8) is 0 Å². The summed E-state index contributed by atoms with van der Waals surface area (Å²) in [4.78, 5) is 3.20. The van der Waals surface area contributed by atoms with E-state index in [1.54, 1.807) is 11.8 Å². The van der Waals surface area contributed by atoms with Crippen LogP contribution in [0.5, 0.6) is 5.75 Å². The Bertz CT molecular complexity index is 1380. The van der Waals surface area contributed by atoms with E-state index in [2.05, 4.69) is 86.9 Å². The predicted octanol–water partition coefficient (Wildman–Crippen LogP) is 8.37. The molecule has 2 aliphatic rings. The van der Waals surface area contributed by atoms with Gasteiger partial charge in [0.25, 0.3) is 0 Å². The van der Waals surface area contributed by atoms with E-state index in [1.807, 2.05) is 18.2 Å². The fourth-order valence-corrected chi connectivity index (χ4v) is 7.00. The molecule has 0 bridgehead atoms. The summed E-state index contributed by atoms with van der Waals surface area (Å²) < 4.78 is 33.2. The van der Waals surface area contributed by atoms with Crippen molar-refractivity contribution in [3.05, 3.63) is 66.0 Å². The maximum atomic E-state index is 6.72. The normalized spacial score (nSPS) is 18.5. The molecule has 0 amide bonds. The van der Waals surface area contributed by atoms with Gasteiger partial charge >= 0.3 is 0 Å². The van der Waals surface area contributed by atoms with Crippen molar-refractivity contribution in [2.24, 2.45) is 0 Å². The highest BCUT2D eigenvalue weighted by Crippen LogP contribution is 2.42. The Labute approximate surface area is 268 Å². The number of rotatable bonds is 14. The topological polar surface area (TPSA) is 67.2 Å². The third kappa shape index (κ3) is 8.08. The standard InChI is InChI=1S/C34H49N3O5SSi/c1-7-18-40-33(41-21-20-38-24-26-13-9-8-10-14-26)36-23-30(43-25-36)32-28-22-27(42-44(5,6)34(2,3)4)16-17-29(28)37(35-32)31-15-11-12-19-39-31/h8-10,13-14,16-17,22-23,31,33H,7,11-12,15,18-21,24-25H2,1-6H3. The molecule has 3 heterocycles. The largest absolute Gasteiger partial charge is 0.543 e. The molecule has 10 heteroatoms. The third-order valence-corrected chi connectivity index (χ3v) is 13.9. The average molecular weight is 640 g/mol. The number of thioether (sulfide) groups is 1. The molecule has 0 N–H and O–H groups in total. The van der Waals surface area contributed by atoms with Gasteiger partial charge in [-0.3, -0.25) is 0 Å². The molecule has 240 valence electrons. The molecule has 2 unspecified atom stereocenters. The smallest absolute Gasteiger partial charge is 0.250 e. The predicted molar refractivity (Wildman–Crippen MR) is 181 cm³/mol. The first-order valence-electron chi connectivity index (χ1n) is 15.9. The molecule has 44 heavy (non-hydrogen) atoms. The lowest BCUT2D eigenvalue weighted by Crippen LogP contribution is -2.43. The number of fused-ring (bicyclic) bond motifs is 1. The van der Waals surface area contributed by atoms with Gasteiger partial charge in [0.1, 0.15) is 11.4 Å². The van der Waals surface area contributed by atoms with Gasteiger partial charge in [-0.2, -0.15) is 5.10 Å². The Morgan fingerprint density at radius 1 is 1.05 bits per heavy atom. The minimum Gasteiger partial charge on any atom is -0.543 e. The molecule has 5 rings (SSSR count). The van der Waals surface area contributed by atoms with Crippen molar-refractivity contribution >= 4 is 35.9 Å². The minimum atomic E-state index is -2.01. The first kappa shape index (κ1) is 33.0. The molecule has 0 spiro atoms. The Morgan fingerprint density at radius 2 is 1.84 bits per heavy atom. The van der Waals surface area contributed by atoms with Crippen LogP contribution in [0, 0.1) is 0 Å². The zero-order valence-electron chi connectivity index (χ0n) is 27.2. The molecule has 0 aliphatic carbocycles. The van der Waals surface area contributed by atoms with E-state index in [-0.39, 0.29) is 11.3 Å². The minimum absolute atomic E-state index is 0.0601. The van der Waals surface area contributed by atoms with Gasteiger partial charge in [-0.05, 0) is 67.6 Å². The van der Waals surface area contributed by atoms with Gasteiger partial charge in [0, 0.05) is 18.2 Å². The van der Waals surface area contributed by atoms with E-state index in [1.165, 1.54) is 0 Å². The molecular formula is C34H49N3O5SSi. The highest BCUT2D eigenvalue weighted by atomic mass is 32.2. The van der Waals surface area contributed by atoms with E-state index >= 15 is 0 Å². The molecule has 8 nitrogen and oxygen atoms in total. The highest BCUT2D eigenvalue weighted by molar-refractivity contribution is 8.08. The number of hydrogen-bond acceptors (Lipinski definition) is 8. The summed E-state index contributed by atoms with van der Waals surface area (Å²) in [5.41, 5.74) is 3.17. The number of hydrogen-bond donors (Lipinski definition) is 0. The van der Waals surface area contributed by atoms with Crippen LogP contribution in [-0.4, -0.2) is 61.7 Å². The molecular weight excluding hydrogens is 591 g/mol. The van der Waals surface area contributed by atoms with Gasteiger partial charge in [-0.1, -0.05) is 58.0 Å². The summed E-state index contributed by atoms with van der Waals surface area (Å²) >= 11 is 1.75. The Balaban J connectivity index is 1.36. The van der Waals surface area contributed by atoms with E-state index in [4.69, 9.17) is 28.5 Å². The van der Waals surface area contributed by atoms with E-state index in [0.717, 1.165) is 65.1 Å². The number of ether oxygens (including phenoxy) is 4. The fourth-order valence-electron chi connectivity index (χ4n) is 5.00. The van der Waals surface area contributed by atoms with Crippen molar-refractivity contribution in [2.75, 3.05) is 32.3 Å². The molecule has 2 aromatic carbocycles. The van der Waals surface area contributed by atoms with Crippen LogP contribution in [0.25, 0.3) is 15.8 Å². The maximum Gasteiger partial charge on any atom is 0.250 e. The number of benzene rings is 2. The SMILES string of the molecule is CCCOC(OCCOCc1ccccc1)N1C=C(c2nn(C3CCCCO3)c3ccc(O[Si](C)(C)C(C)(C)C)cc23)SC1. The summed E-state index contributed by atoms with van der Waals surface area (Å²) in [6.07, 6.45) is 5.69. The van der Waals surface area contributed by atoms with Crippen molar-refractivity contribution in [1.29, 1.82) is 0 Å². The Kier molecular flexibility index (Phi) is 11.1. The summed E-state index contributed by atoms with van der Waals surface area (Å²) in [7, 11) is -2.01. The van der Waals surface area contributed by atoms with Gasteiger partial charge in [0.05, 0.1) is 42.7 Å². The van der Waals surface area contributed by atoms with Crippen molar-refractivity contribution in [2.45, 2.75) is 90.8 Å². The van der Waals surface area contributed by atoms with Crippen molar-refractivity contribution < 1.29 is 23.4 Å². The van der Waals surface area contributed by atoms with Crippen LogP contribution in [0.3, 0.4) is 0 Å². The lowest BCUT2D eigenvalue weighted by Gasteiger charge is -2.36. The lowest BCUT2D eigenvalue weighted by molar-refractivity contribution is -0.210. The fraction of sp³-hybridized carbons (Fsp3) is 0.559. The first-order chi connectivity index (χ1) is 21.2. The Morgan fingerprint density at radius 3 is 2.57 bits per heavy atom. The molecule has 0 radical (unpaired) electrons. The second-order valence-corrected chi connectivity index (χ2v) is 18.7. The number of nitrogens with zero attached hydrogens (tertiary/aromatic N) is 3. The molecule has 0 saturated carbocycles. The van der Waals surface area contributed by atoms with Crippen LogP contribution in [0.15, 0.2) is 54.7 Å². The summed E-state index contributed by atoms with van der Waals surface area (Å²) in [5, 5.41) is 6.37.